The van der Waals surface area contributed by atoms with Gasteiger partial charge in [0.05, 0.1) is 6.10 Å². The van der Waals surface area contributed by atoms with Gasteiger partial charge in [-0.3, -0.25) is 4.90 Å². The third-order valence-corrected chi connectivity index (χ3v) is 5.00. The molecule has 1 aromatic rings. The first-order valence-electron chi connectivity index (χ1n) is 8.02. The zero-order chi connectivity index (χ0) is 14.7. The Kier molecular flexibility index (Phi) is 4.99. The Hall–Kier alpha value is -0.840. The topological polar surface area (TPSA) is 48.4 Å². The Balaban J connectivity index is 1.50. The van der Waals surface area contributed by atoms with Gasteiger partial charge in [-0.2, -0.15) is 0 Å². The molecule has 1 saturated carbocycles. The second-order valence-electron chi connectivity index (χ2n) is 6.24. The molecule has 2 N–H and O–H groups in total. The third-order valence-electron chi connectivity index (χ3n) is 4.79. The number of aliphatic hydroxyl groups is 1. The molecular formula is C16H24ClN3O. The molecule has 3 rings (SSSR count). The largest absolute Gasteiger partial charge is 0.391 e. The number of rotatable bonds is 3. The lowest BCUT2D eigenvalue weighted by molar-refractivity contribution is 0.00994. The molecule has 4 nitrogen and oxygen atoms in total. The minimum absolute atomic E-state index is 0.123. The van der Waals surface area contributed by atoms with E-state index in [2.05, 4.69) is 15.2 Å². The van der Waals surface area contributed by atoms with Crippen LogP contribution in [-0.2, 0) is 0 Å². The van der Waals surface area contributed by atoms with Gasteiger partial charge in [-0.05, 0) is 37.8 Å². The van der Waals surface area contributed by atoms with Crippen LogP contribution in [0.25, 0.3) is 0 Å². The first-order valence-corrected chi connectivity index (χ1v) is 8.40. The van der Waals surface area contributed by atoms with Crippen molar-refractivity contribution < 1.29 is 5.11 Å². The molecule has 2 fully saturated rings. The highest BCUT2D eigenvalue weighted by Crippen LogP contribution is 2.26. The minimum atomic E-state index is -0.123. The van der Waals surface area contributed by atoms with Crippen LogP contribution in [0.15, 0.2) is 18.3 Å². The van der Waals surface area contributed by atoms with E-state index in [1.807, 2.05) is 12.1 Å². The van der Waals surface area contributed by atoms with Crippen LogP contribution < -0.4 is 5.32 Å². The van der Waals surface area contributed by atoms with E-state index in [9.17, 15) is 5.11 Å². The third kappa shape index (κ3) is 3.87. The van der Waals surface area contributed by atoms with Crippen LogP contribution in [0.4, 0.5) is 5.69 Å². The second kappa shape index (κ2) is 6.95. The molecule has 2 aliphatic rings. The predicted molar refractivity (Wildman–Crippen MR) is 85.7 cm³/mol. The van der Waals surface area contributed by atoms with Crippen molar-refractivity contribution in [3.8, 4) is 0 Å². The summed E-state index contributed by atoms with van der Waals surface area (Å²) in [6, 6.07) is 4.71. The molecule has 1 aliphatic heterocycles. The van der Waals surface area contributed by atoms with E-state index in [1.54, 1.807) is 6.20 Å². The lowest BCUT2D eigenvalue weighted by Gasteiger charge is -2.41. The van der Waals surface area contributed by atoms with Gasteiger partial charge in [0.25, 0.3) is 0 Å². The zero-order valence-corrected chi connectivity index (χ0v) is 13.1. The fraction of sp³-hybridized carbons (Fsp3) is 0.688. The summed E-state index contributed by atoms with van der Waals surface area (Å²) in [5.41, 5.74) is 1.05. The zero-order valence-electron chi connectivity index (χ0n) is 12.3. The van der Waals surface area contributed by atoms with Gasteiger partial charge < -0.3 is 10.4 Å². The van der Waals surface area contributed by atoms with Crippen molar-refractivity contribution in [3.63, 3.8) is 0 Å². The first-order chi connectivity index (χ1) is 10.2. The Morgan fingerprint density at radius 1 is 1.19 bits per heavy atom. The number of likely N-dealkylation sites (tertiary alicyclic amines) is 1. The molecule has 0 bridgehead atoms. The quantitative estimate of drug-likeness (QED) is 0.843. The fourth-order valence-electron chi connectivity index (χ4n) is 3.62. The first kappa shape index (κ1) is 15.1. The van der Waals surface area contributed by atoms with E-state index in [4.69, 9.17) is 11.6 Å². The number of hydrogen-bond acceptors (Lipinski definition) is 4. The fourth-order valence-corrected chi connectivity index (χ4v) is 3.79. The molecule has 116 valence electrons. The number of anilines is 1. The van der Waals surface area contributed by atoms with Crippen molar-refractivity contribution in [2.24, 2.45) is 0 Å². The molecule has 0 spiro atoms. The molecule has 1 aliphatic carbocycles. The summed E-state index contributed by atoms with van der Waals surface area (Å²) in [7, 11) is 0. The molecule has 0 aromatic carbocycles. The van der Waals surface area contributed by atoms with E-state index < -0.39 is 0 Å². The van der Waals surface area contributed by atoms with Gasteiger partial charge in [0.15, 0.2) is 0 Å². The highest BCUT2D eigenvalue weighted by molar-refractivity contribution is 6.29. The molecule has 0 radical (unpaired) electrons. The highest BCUT2D eigenvalue weighted by atomic mass is 35.5. The molecule has 1 aromatic heterocycles. The Labute approximate surface area is 131 Å². The average Bonchev–Trinajstić information content (AvgIpc) is 2.49. The predicted octanol–water partition coefficient (Wildman–Crippen LogP) is 2.91. The molecule has 1 saturated heterocycles. The Morgan fingerprint density at radius 2 is 1.95 bits per heavy atom. The van der Waals surface area contributed by atoms with Crippen LogP contribution in [0.2, 0.25) is 5.15 Å². The lowest BCUT2D eigenvalue weighted by atomic mass is 9.89. The summed E-state index contributed by atoms with van der Waals surface area (Å²) in [4.78, 5) is 6.49. The number of aromatic nitrogens is 1. The van der Waals surface area contributed by atoms with Gasteiger partial charge in [0.2, 0.25) is 0 Å². The number of halogens is 1. The molecule has 2 unspecified atom stereocenters. The summed E-state index contributed by atoms with van der Waals surface area (Å²) in [5.74, 6) is 0. The Morgan fingerprint density at radius 3 is 2.67 bits per heavy atom. The Bertz CT molecular complexity index is 463. The van der Waals surface area contributed by atoms with Gasteiger partial charge in [-0.1, -0.05) is 24.4 Å². The van der Waals surface area contributed by atoms with Gasteiger partial charge in [0, 0.05) is 37.1 Å². The SMILES string of the molecule is OC1CCCCC1N1CCC(Nc2ccnc(Cl)c2)CC1. The van der Waals surface area contributed by atoms with Crippen molar-refractivity contribution in [2.45, 2.75) is 56.7 Å². The number of pyridine rings is 1. The molecule has 0 amide bonds. The summed E-state index contributed by atoms with van der Waals surface area (Å²) in [5, 5.41) is 14.2. The van der Waals surface area contributed by atoms with E-state index >= 15 is 0 Å². The number of hydrogen-bond donors (Lipinski definition) is 2. The van der Waals surface area contributed by atoms with E-state index in [-0.39, 0.29) is 6.10 Å². The van der Waals surface area contributed by atoms with Gasteiger partial charge in [0.1, 0.15) is 5.15 Å². The van der Waals surface area contributed by atoms with Crippen LogP contribution in [0.3, 0.4) is 0 Å². The minimum Gasteiger partial charge on any atom is -0.391 e. The standard InChI is InChI=1S/C16H24ClN3O/c17-16-11-13(5-8-18-16)19-12-6-9-20(10-7-12)14-3-1-2-4-15(14)21/h5,8,11-12,14-15,21H,1-4,6-7,9-10H2,(H,18,19). The summed E-state index contributed by atoms with van der Waals surface area (Å²) < 4.78 is 0. The summed E-state index contributed by atoms with van der Waals surface area (Å²) in [6.07, 6.45) is 8.40. The van der Waals surface area contributed by atoms with Crippen LogP contribution in [0, 0.1) is 0 Å². The van der Waals surface area contributed by atoms with Gasteiger partial charge in [-0.25, -0.2) is 4.98 Å². The molecule has 5 heteroatoms. The number of aliphatic hydroxyl groups excluding tert-OH is 1. The van der Waals surface area contributed by atoms with E-state index in [0.717, 1.165) is 44.5 Å². The van der Waals surface area contributed by atoms with Crippen molar-refractivity contribution in [2.75, 3.05) is 18.4 Å². The number of nitrogens with zero attached hydrogens (tertiary/aromatic N) is 2. The molecular weight excluding hydrogens is 286 g/mol. The maximum absolute atomic E-state index is 10.2. The summed E-state index contributed by atoms with van der Waals surface area (Å²) >= 11 is 5.92. The van der Waals surface area contributed by atoms with Crippen molar-refractivity contribution in [1.29, 1.82) is 0 Å². The molecule has 2 heterocycles. The average molecular weight is 310 g/mol. The van der Waals surface area contributed by atoms with Crippen LogP contribution in [-0.4, -0.2) is 46.3 Å². The molecule has 2 atom stereocenters. The normalized spacial score (nSPS) is 28.5. The van der Waals surface area contributed by atoms with Crippen molar-refractivity contribution in [3.05, 3.63) is 23.5 Å². The highest BCUT2D eigenvalue weighted by Gasteiger charge is 2.31. The van der Waals surface area contributed by atoms with Crippen LogP contribution >= 0.6 is 11.6 Å². The number of nitrogens with one attached hydrogen (secondary N) is 1. The summed E-state index contributed by atoms with van der Waals surface area (Å²) in [6.45, 7) is 2.14. The van der Waals surface area contributed by atoms with Gasteiger partial charge in [-0.15, -0.1) is 0 Å². The maximum atomic E-state index is 10.2. The van der Waals surface area contributed by atoms with Crippen molar-refractivity contribution >= 4 is 17.3 Å². The van der Waals surface area contributed by atoms with Gasteiger partial charge >= 0.3 is 0 Å². The smallest absolute Gasteiger partial charge is 0.131 e. The molecule has 21 heavy (non-hydrogen) atoms. The van der Waals surface area contributed by atoms with Crippen LogP contribution in [0.5, 0.6) is 0 Å². The lowest BCUT2D eigenvalue weighted by Crippen LogP contribution is -2.50. The van der Waals surface area contributed by atoms with Crippen molar-refractivity contribution in [1.82, 2.24) is 9.88 Å². The van der Waals surface area contributed by atoms with Crippen LogP contribution in [0.1, 0.15) is 38.5 Å². The second-order valence-corrected chi connectivity index (χ2v) is 6.63. The number of piperidine rings is 1. The monoisotopic (exact) mass is 309 g/mol. The van der Waals surface area contributed by atoms with E-state index in [1.165, 1.54) is 12.8 Å². The van der Waals surface area contributed by atoms with E-state index in [0.29, 0.717) is 17.2 Å². The maximum Gasteiger partial charge on any atom is 0.131 e.